The summed E-state index contributed by atoms with van der Waals surface area (Å²) in [6.07, 6.45) is 4.13. The Labute approximate surface area is 160 Å². The lowest BCUT2D eigenvalue weighted by atomic mass is 9.89. The average Bonchev–Trinajstić information content (AvgIpc) is 3.13. The zero-order valence-corrected chi connectivity index (χ0v) is 16.0. The van der Waals surface area contributed by atoms with Crippen LogP contribution in [-0.4, -0.2) is 35.5 Å². The van der Waals surface area contributed by atoms with Crippen LogP contribution in [0.1, 0.15) is 35.4 Å². The monoisotopic (exact) mass is 362 g/mol. The van der Waals surface area contributed by atoms with Crippen molar-refractivity contribution in [1.82, 2.24) is 9.88 Å². The number of hydrogen-bond donors (Lipinski definition) is 1. The molecule has 2 aromatic carbocycles. The Balaban J connectivity index is 1.35. The Kier molecular flexibility index (Phi) is 4.88. The molecule has 0 radical (unpaired) electrons. The lowest BCUT2D eigenvalue weighted by Gasteiger charge is -2.32. The van der Waals surface area contributed by atoms with Crippen LogP contribution in [0.25, 0.3) is 10.9 Å². The molecule has 1 saturated heterocycles. The van der Waals surface area contributed by atoms with Gasteiger partial charge in [-0.15, -0.1) is 0 Å². The van der Waals surface area contributed by atoms with Crippen molar-refractivity contribution in [2.75, 3.05) is 19.7 Å². The molecule has 1 N–H and O–H groups in total. The number of carbonyl (C=O) groups is 1. The zero-order valence-electron chi connectivity index (χ0n) is 16.0. The third kappa shape index (κ3) is 3.57. The van der Waals surface area contributed by atoms with Gasteiger partial charge in [-0.1, -0.05) is 30.3 Å². The van der Waals surface area contributed by atoms with E-state index in [1.54, 1.807) is 0 Å². The van der Waals surface area contributed by atoms with Gasteiger partial charge in [0.2, 0.25) is 0 Å². The second-order valence-corrected chi connectivity index (χ2v) is 7.43. The fourth-order valence-electron chi connectivity index (χ4n) is 3.98. The van der Waals surface area contributed by atoms with E-state index in [0.717, 1.165) is 37.2 Å². The van der Waals surface area contributed by atoms with Gasteiger partial charge >= 0.3 is 0 Å². The van der Waals surface area contributed by atoms with Crippen LogP contribution in [0.3, 0.4) is 0 Å². The highest BCUT2D eigenvalue weighted by molar-refractivity contribution is 5.83. The molecule has 3 aromatic rings. The number of likely N-dealkylation sites (tertiary alicyclic amines) is 1. The maximum atomic E-state index is 12.6. The third-order valence-corrected chi connectivity index (χ3v) is 5.81. The number of piperidine rings is 1. The van der Waals surface area contributed by atoms with Crippen molar-refractivity contribution in [3.63, 3.8) is 0 Å². The van der Waals surface area contributed by atoms with Crippen molar-refractivity contribution in [2.24, 2.45) is 0 Å². The van der Waals surface area contributed by atoms with E-state index in [2.05, 4.69) is 48.4 Å². The molecule has 0 unspecified atom stereocenters. The summed E-state index contributed by atoms with van der Waals surface area (Å²) in [6, 6.07) is 14.4. The van der Waals surface area contributed by atoms with E-state index in [1.807, 2.05) is 24.0 Å². The number of fused-ring (bicyclic) bond motifs is 1. The van der Waals surface area contributed by atoms with E-state index in [-0.39, 0.29) is 12.5 Å². The number of rotatable bonds is 4. The summed E-state index contributed by atoms with van der Waals surface area (Å²) in [7, 11) is 0. The number of hydrogen-bond acceptors (Lipinski definition) is 2. The van der Waals surface area contributed by atoms with E-state index in [1.165, 1.54) is 22.0 Å². The Bertz CT molecular complexity index is 952. The van der Waals surface area contributed by atoms with Crippen LogP contribution in [0.4, 0.5) is 0 Å². The van der Waals surface area contributed by atoms with Crippen LogP contribution in [0.2, 0.25) is 0 Å². The summed E-state index contributed by atoms with van der Waals surface area (Å²) in [6.45, 7) is 5.78. The lowest BCUT2D eigenvalue weighted by molar-refractivity contribution is -0.134. The third-order valence-electron chi connectivity index (χ3n) is 5.81. The van der Waals surface area contributed by atoms with Gasteiger partial charge in [-0.25, -0.2) is 0 Å². The van der Waals surface area contributed by atoms with E-state index in [4.69, 9.17) is 4.74 Å². The minimum Gasteiger partial charge on any atom is -0.483 e. The van der Waals surface area contributed by atoms with Crippen molar-refractivity contribution in [3.05, 3.63) is 65.4 Å². The molecule has 1 aromatic heterocycles. The van der Waals surface area contributed by atoms with E-state index in [9.17, 15) is 4.79 Å². The Morgan fingerprint density at radius 2 is 1.89 bits per heavy atom. The number of aryl methyl sites for hydroxylation is 1. The molecule has 1 amide bonds. The predicted octanol–water partition coefficient (Wildman–Crippen LogP) is 4.57. The number of ether oxygens (including phenoxy) is 1. The fourth-order valence-corrected chi connectivity index (χ4v) is 3.98. The lowest BCUT2D eigenvalue weighted by Crippen LogP contribution is -2.40. The van der Waals surface area contributed by atoms with Gasteiger partial charge in [0.25, 0.3) is 5.91 Å². The number of H-pyrrole nitrogens is 1. The molecule has 1 aliphatic rings. The van der Waals surface area contributed by atoms with E-state index < -0.39 is 0 Å². The number of nitrogens with zero attached hydrogens (tertiary/aromatic N) is 1. The van der Waals surface area contributed by atoms with Gasteiger partial charge in [0.15, 0.2) is 6.61 Å². The summed E-state index contributed by atoms with van der Waals surface area (Å²) in [5.41, 5.74) is 4.85. The second-order valence-electron chi connectivity index (χ2n) is 7.43. The molecule has 4 heteroatoms. The minimum absolute atomic E-state index is 0.0771. The molecule has 0 spiro atoms. The van der Waals surface area contributed by atoms with Crippen molar-refractivity contribution in [1.29, 1.82) is 0 Å². The van der Waals surface area contributed by atoms with Gasteiger partial charge in [-0.2, -0.15) is 0 Å². The second kappa shape index (κ2) is 7.47. The first-order valence-electron chi connectivity index (χ1n) is 9.66. The Morgan fingerprint density at radius 3 is 2.70 bits per heavy atom. The normalized spacial score (nSPS) is 15.3. The quantitative estimate of drug-likeness (QED) is 0.739. The van der Waals surface area contributed by atoms with Crippen molar-refractivity contribution in [3.8, 4) is 5.75 Å². The topological polar surface area (TPSA) is 45.3 Å². The first-order chi connectivity index (χ1) is 13.1. The molecule has 4 rings (SSSR count). The van der Waals surface area contributed by atoms with Crippen molar-refractivity contribution < 1.29 is 9.53 Å². The Hall–Kier alpha value is -2.75. The minimum atomic E-state index is 0.0771. The molecule has 1 aliphatic heterocycles. The SMILES string of the molecule is Cc1cccc(OCC(=O)N2CCC(c3c[nH]c4ccccc34)CC2)c1C. The molecule has 0 saturated carbocycles. The molecular formula is C23H26N2O2. The molecular weight excluding hydrogens is 336 g/mol. The predicted molar refractivity (Wildman–Crippen MR) is 108 cm³/mol. The maximum Gasteiger partial charge on any atom is 0.260 e. The van der Waals surface area contributed by atoms with Crippen LogP contribution in [0.5, 0.6) is 5.75 Å². The summed E-state index contributed by atoms with van der Waals surface area (Å²) in [5, 5.41) is 1.31. The highest BCUT2D eigenvalue weighted by Crippen LogP contribution is 2.33. The van der Waals surface area contributed by atoms with Crippen LogP contribution in [-0.2, 0) is 4.79 Å². The van der Waals surface area contributed by atoms with Crippen molar-refractivity contribution in [2.45, 2.75) is 32.6 Å². The zero-order chi connectivity index (χ0) is 18.8. The molecule has 1 fully saturated rings. The molecule has 0 aliphatic carbocycles. The first kappa shape index (κ1) is 17.7. The van der Waals surface area contributed by atoms with Gasteiger partial charge in [-0.05, 0) is 61.4 Å². The number of para-hydroxylation sites is 1. The number of benzene rings is 2. The van der Waals surface area contributed by atoms with Crippen LogP contribution < -0.4 is 4.74 Å². The smallest absolute Gasteiger partial charge is 0.260 e. The molecule has 0 bridgehead atoms. The molecule has 4 nitrogen and oxygen atoms in total. The number of amides is 1. The van der Waals surface area contributed by atoms with Gasteiger partial charge in [0, 0.05) is 30.2 Å². The molecule has 27 heavy (non-hydrogen) atoms. The van der Waals surface area contributed by atoms with Gasteiger partial charge in [-0.3, -0.25) is 4.79 Å². The van der Waals surface area contributed by atoms with E-state index in [0.29, 0.717) is 5.92 Å². The highest BCUT2D eigenvalue weighted by Gasteiger charge is 2.25. The van der Waals surface area contributed by atoms with Crippen LogP contribution in [0, 0.1) is 13.8 Å². The molecule has 140 valence electrons. The largest absolute Gasteiger partial charge is 0.483 e. The van der Waals surface area contributed by atoms with Crippen LogP contribution >= 0.6 is 0 Å². The Morgan fingerprint density at radius 1 is 1.11 bits per heavy atom. The highest BCUT2D eigenvalue weighted by atomic mass is 16.5. The maximum absolute atomic E-state index is 12.6. The number of aromatic nitrogens is 1. The fraction of sp³-hybridized carbons (Fsp3) is 0.348. The first-order valence-corrected chi connectivity index (χ1v) is 9.66. The standard InChI is InChI=1S/C23H26N2O2/c1-16-6-5-9-22(17(16)2)27-15-23(26)25-12-10-18(11-13-25)20-14-24-21-8-4-3-7-19(20)21/h3-9,14,18,24H,10-13,15H2,1-2H3. The summed E-state index contributed by atoms with van der Waals surface area (Å²) in [4.78, 5) is 17.9. The summed E-state index contributed by atoms with van der Waals surface area (Å²) < 4.78 is 5.79. The van der Waals surface area contributed by atoms with E-state index >= 15 is 0 Å². The summed E-state index contributed by atoms with van der Waals surface area (Å²) in [5.74, 6) is 1.38. The number of aromatic amines is 1. The molecule has 0 atom stereocenters. The number of carbonyl (C=O) groups excluding carboxylic acids is 1. The summed E-state index contributed by atoms with van der Waals surface area (Å²) >= 11 is 0. The van der Waals surface area contributed by atoms with Crippen molar-refractivity contribution >= 4 is 16.8 Å². The average molecular weight is 362 g/mol. The van der Waals surface area contributed by atoms with Crippen LogP contribution in [0.15, 0.2) is 48.7 Å². The van der Waals surface area contributed by atoms with Gasteiger partial charge in [0.05, 0.1) is 0 Å². The number of nitrogens with one attached hydrogen (secondary N) is 1. The molecule has 2 heterocycles. The van der Waals surface area contributed by atoms with Gasteiger partial charge < -0.3 is 14.6 Å². The van der Waals surface area contributed by atoms with Gasteiger partial charge in [0.1, 0.15) is 5.75 Å².